The fraction of sp³-hybridized carbons (Fsp3) is 0.188. The smallest absolute Gasteiger partial charge is 0.170 e. The molecule has 3 N–H and O–H groups in total. The van der Waals surface area contributed by atoms with Crippen molar-refractivity contribution >= 4 is 5.84 Å². The van der Waals surface area contributed by atoms with Gasteiger partial charge in [0.05, 0.1) is 0 Å². The molecule has 20 heavy (non-hydrogen) atoms. The number of aryl methyl sites for hydroxylation is 2. The molecule has 0 fully saturated rings. The standard InChI is InChI=1S/C16H18N2O2/c1-11-4-3-5-12(2)15(11)10-20-14-8-6-13(7-9-14)16(17)18-19/h3-9,19H,10H2,1-2H3,(H2,17,18). The van der Waals surface area contributed by atoms with Crippen LogP contribution in [0.5, 0.6) is 5.75 Å². The highest BCUT2D eigenvalue weighted by molar-refractivity contribution is 5.97. The Morgan fingerprint density at radius 1 is 1.10 bits per heavy atom. The van der Waals surface area contributed by atoms with E-state index in [1.54, 1.807) is 24.3 Å². The summed E-state index contributed by atoms with van der Waals surface area (Å²) in [6.07, 6.45) is 0. The van der Waals surface area contributed by atoms with Crippen molar-refractivity contribution in [1.82, 2.24) is 0 Å². The first-order valence-electron chi connectivity index (χ1n) is 6.37. The fourth-order valence-corrected chi connectivity index (χ4v) is 2.01. The molecule has 0 saturated carbocycles. The van der Waals surface area contributed by atoms with E-state index >= 15 is 0 Å². The summed E-state index contributed by atoms with van der Waals surface area (Å²) in [4.78, 5) is 0. The minimum atomic E-state index is 0.0892. The van der Waals surface area contributed by atoms with Gasteiger partial charge in [0.25, 0.3) is 0 Å². The molecule has 4 nitrogen and oxygen atoms in total. The van der Waals surface area contributed by atoms with Gasteiger partial charge in [-0.3, -0.25) is 0 Å². The average Bonchev–Trinajstić information content (AvgIpc) is 2.46. The van der Waals surface area contributed by atoms with E-state index in [0.29, 0.717) is 12.2 Å². The molecule has 0 radical (unpaired) electrons. The molecule has 0 unspecified atom stereocenters. The number of nitrogens with two attached hydrogens (primary N) is 1. The van der Waals surface area contributed by atoms with E-state index in [2.05, 4.69) is 31.1 Å². The highest BCUT2D eigenvalue weighted by atomic mass is 16.5. The van der Waals surface area contributed by atoms with Crippen LogP contribution in [0.2, 0.25) is 0 Å². The molecule has 0 aliphatic rings. The Kier molecular flexibility index (Phi) is 4.25. The molecule has 0 saturated heterocycles. The zero-order chi connectivity index (χ0) is 14.5. The topological polar surface area (TPSA) is 67.8 Å². The first kappa shape index (κ1) is 13.9. The average molecular weight is 270 g/mol. The minimum absolute atomic E-state index is 0.0892. The second-order valence-corrected chi connectivity index (χ2v) is 4.67. The molecule has 0 aliphatic carbocycles. The summed E-state index contributed by atoms with van der Waals surface area (Å²) in [5, 5.41) is 11.6. The molecular weight excluding hydrogens is 252 g/mol. The minimum Gasteiger partial charge on any atom is -0.489 e. The predicted octanol–water partition coefficient (Wildman–Crippen LogP) is 2.98. The van der Waals surface area contributed by atoms with Crippen molar-refractivity contribution in [3.8, 4) is 5.75 Å². The SMILES string of the molecule is Cc1cccc(C)c1COc1ccc(/C(N)=N/O)cc1. The van der Waals surface area contributed by atoms with Crippen molar-refractivity contribution in [2.45, 2.75) is 20.5 Å². The van der Waals surface area contributed by atoms with Crippen LogP contribution in [0.4, 0.5) is 0 Å². The zero-order valence-electron chi connectivity index (χ0n) is 11.6. The normalized spacial score (nSPS) is 11.4. The number of ether oxygens (including phenoxy) is 1. The van der Waals surface area contributed by atoms with Crippen LogP contribution in [-0.4, -0.2) is 11.0 Å². The molecule has 0 aliphatic heterocycles. The number of rotatable bonds is 4. The highest BCUT2D eigenvalue weighted by Crippen LogP contribution is 2.18. The summed E-state index contributed by atoms with van der Waals surface area (Å²) >= 11 is 0. The van der Waals surface area contributed by atoms with Crippen LogP contribution in [0.15, 0.2) is 47.6 Å². The summed E-state index contributed by atoms with van der Waals surface area (Å²) in [6.45, 7) is 4.68. The molecule has 0 amide bonds. The van der Waals surface area contributed by atoms with Crippen LogP contribution in [0.1, 0.15) is 22.3 Å². The van der Waals surface area contributed by atoms with Crippen molar-refractivity contribution in [2.24, 2.45) is 10.9 Å². The van der Waals surface area contributed by atoms with E-state index in [-0.39, 0.29) is 5.84 Å². The lowest BCUT2D eigenvalue weighted by molar-refractivity contribution is 0.304. The molecule has 2 aromatic rings. The first-order chi connectivity index (χ1) is 9.61. The Morgan fingerprint density at radius 3 is 2.25 bits per heavy atom. The van der Waals surface area contributed by atoms with Gasteiger partial charge in [-0.1, -0.05) is 23.4 Å². The van der Waals surface area contributed by atoms with Gasteiger partial charge in [0.2, 0.25) is 0 Å². The van der Waals surface area contributed by atoms with Gasteiger partial charge in [0.15, 0.2) is 5.84 Å². The Balaban J connectivity index is 2.08. The largest absolute Gasteiger partial charge is 0.489 e. The van der Waals surface area contributed by atoms with Gasteiger partial charge in [0.1, 0.15) is 12.4 Å². The Labute approximate surface area is 118 Å². The summed E-state index contributed by atoms with van der Waals surface area (Å²) in [6, 6.07) is 13.3. The highest BCUT2D eigenvalue weighted by Gasteiger charge is 2.04. The van der Waals surface area contributed by atoms with Crippen LogP contribution in [0, 0.1) is 13.8 Å². The first-order valence-corrected chi connectivity index (χ1v) is 6.37. The Hall–Kier alpha value is -2.49. The lowest BCUT2D eigenvalue weighted by atomic mass is 10.0. The van der Waals surface area contributed by atoms with Gasteiger partial charge in [-0.05, 0) is 54.8 Å². The monoisotopic (exact) mass is 270 g/mol. The van der Waals surface area contributed by atoms with E-state index in [0.717, 1.165) is 5.75 Å². The molecular formula is C16H18N2O2. The predicted molar refractivity (Wildman–Crippen MR) is 79.2 cm³/mol. The molecule has 0 aromatic heterocycles. The van der Waals surface area contributed by atoms with Crippen LogP contribution in [-0.2, 0) is 6.61 Å². The van der Waals surface area contributed by atoms with Crippen LogP contribution in [0.3, 0.4) is 0 Å². The van der Waals surface area contributed by atoms with Gasteiger partial charge >= 0.3 is 0 Å². The fourth-order valence-electron chi connectivity index (χ4n) is 2.01. The second kappa shape index (κ2) is 6.10. The number of hydrogen-bond donors (Lipinski definition) is 2. The summed E-state index contributed by atoms with van der Waals surface area (Å²) < 4.78 is 5.78. The maximum absolute atomic E-state index is 8.60. The van der Waals surface area contributed by atoms with Gasteiger partial charge in [-0.25, -0.2) is 0 Å². The summed E-state index contributed by atoms with van der Waals surface area (Å²) in [7, 11) is 0. The second-order valence-electron chi connectivity index (χ2n) is 4.67. The van der Waals surface area contributed by atoms with Crippen molar-refractivity contribution < 1.29 is 9.94 Å². The van der Waals surface area contributed by atoms with Gasteiger partial charge in [-0.15, -0.1) is 0 Å². The van der Waals surface area contributed by atoms with Gasteiger partial charge < -0.3 is 15.7 Å². The number of nitrogens with zero attached hydrogens (tertiary/aromatic N) is 1. The third-order valence-electron chi connectivity index (χ3n) is 3.29. The lowest BCUT2D eigenvalue weighted by Crippen LogP contribution is -2.12. The number of oxime groups is 1. The molecule has 0 heterocycles. The summed E-state index contributed by atoms with van der Waals surface area (Å²) in [5.74, 6) is 0.841. The lowest BCUT2D eigenvalue weighted by Gasteiger charge is -2.11. The van der Waals surface area contributed by atoms with E-state index in [4.69, 9.17) is 15.7 Å². The van der Waals surface area contributed by atoms with E-state index in [9.17, 15) is 0 Å². The van der Waals surface area contributed by atoms with Crippen molar-refractivity contribution in [1.29, 1.82) is 0 Å². The molecule has 104 valence electrons. The molecule has 2 rings (SSSR count). The molecule has 0 bridgehead atoms. The van der Waals surface area contributed by atoms with Crippen molar-refractivity contribution in [3.63, 3.8) is 0 Å². The van der Waals surface area contributed by atoms with E-state index in [1.807, 2.05) is 6.07 Å². The van der Waals surface area contributed by atoms with E-state index in [1.165, 1.54) is 16.7 Å². The third-order valence-corrected chi connectivity index (χ3v) is 3.29. The van der Waals surface area contributed by atoms with Crippen LogP contribution < -0.4 is 10.5 Å². The number of benzene rings is 2. The zero-order valence-corrected chi connectivity index (χ0v) is 11.6. The Bertz CT molecular complexity index is 599. The quantitative estimate of drug-likeness (QED) is 0.388. The van der Waals surface area contributed by atoms with E-state index < -0.39 is 0 Å². The molecule has 0 atom stereocenters. The molecule has 0 spiro atoms. The van der Waals surface area contributed by atoms with Crippen LogP contribution >= 0.6 is 0 Å². The molecule has 4 heteroatoms. The summed E-state index contributed by atoms with van der Waals surface area (Å²) in [5.41, 5.74) is 9.81. The number of amidine groups is 1. The van der Waals surface area contributed by atoms with Crippen molar-refractivity contribution in [2.75, 3.05) is 0 Å². The molecule has 2 aromatic carbocycles. The van der Waals surface area contributed by atoms with Crippen molar-refractivity contribution in [3.05, 3.63) is 64.7 Å². The van der Waals surface area contributed by atoms with Gasteiger partial charge in [0, 0.05) is 5.56 Å². The maximum Gasteiger partial charge on any atom is 0.170 e. The Morgan fingerprint density at radius 2 is 1.70 bits per heavy atom. The third kappa shape index (κ3) is 3.09. The van der Waals surface area contributed by atoms with Gasteiger partial charge in [-0.2, -0.15) is 0 Å². The van der Waals surface area contributed by atoms with Crippen LogP contribution in [0.25, 0.3) is 0 Å². The number of hydrogen-bond acceptors (Lipinski definition) is 3. The maximum atomic E-state index is 8.60.